The van der Waals surface area contributed by atoms with Crippen molar-refractivity contribution in [3.05, 3.63) is 33.8 Å². The van der Waals surface area contributed by atoms with Gasteiger partial charge < -0.3 is 4.90 Å². The van der Waals surface area contributed by atoms with Crippen molar-refractivity contribution in [2.24, 2.45) is 0 Å². The molecule has 0 bridgehead atoms. The Bertz CT molecular complexity index is 712. The third kappa shape index (κ3) is 2.03. The maximum absolute atomic E-state index is 12.8. The number of amides is 3. The maximum Gasteiger partial charge on any atom is 0.255 e. The van der Waals surface area contributed by atoms with Crippen LogP contribution < -0.4 is 5.32 Å². The van der Waals surface area contributed by atoms with Crippen molar-refractivity contribution in [1.82, 2.24) is 10.2 Å². The van der Waals surface area contributed by atoms with E-state index < -0.39 is 6.04 Å². The molecule has 1 atom stereocenters. The molecule has 1 aliphatic carbocycles. The molecule has 22 heavy (non-hydrogen) atoms. The molecule has 1 unspecified atom stereocenters. The predicted molar refractivity (Wildman–Crippen MR) is 79.5 cm³/mol. The zero-order chi connectivity index (χ0) is 15.4. The first-order valence-corrected chi connectivity index (χ1v) is 7.90. The van der Waals surface area contributed by atoms with Crippen molar-refractivity contribution >= 4 is 29.3 Å². The van der Waals surface area contributed by atoms with E-state index >= 15 is 0 Å². The van der Waals surface area contributed by atoms with Crippen LogP contribution in [0.4, 0.5) is 0 Å². The summed E-state index contributed by atoms with van der Waals surface area (Å²) in [6.45, 7) is 0.414. The molecule has 4 rings (SSSR count). The van der Waals surface area contributed by atoms with Gasteiger partial charge in [0, 0.05) is 23.6 Å². The second-order valence-electron chi connectivity index (χ2n) is 6.17. The molecule has 1 saturated carbocycles. The van der Waals surface area contributed by atoms with Crippen LogP contribution in [-0.4, -0.2) is 28.7 Å². The number of fused-ring (bicyclic) bond motifs is 1. The first kappa shape index (κ1) is 13.8. The lowest BCUT2D eigenvalue weighted by Crippen LogP contribution is -2.52. The van der Waals surface area contributed by atoms with E-state index in [0.717, 1.165) is 24.0 Å². The van der Waals surface area contributed by atoms with Crippen molar-refractivity contribution in [1.29, 1.82) is 0 Å². The van der Waals surface area contributed by atoms with Crippen LogP contribution in [0.3, 0.4) is 0 Å². The first-order valence-electron chi connectivity index (χ1n) is 7.52. The summed E-state index contributed by atoms with van der Waals surface area (Å²) in [5, 5.41) is 2.96. The van der Waals surface area contributed by atoms with Crippen LogP contribution in [0.5, 0.6) is 0 Å². The summed E-state index contributed by atoms with van der Waals surface area (Å²) in [5.41, 5.74) is 2.56. The third-order valence-electron chi connectivity index (χ3n) is 4.67. The fourth-order valence-electron chi connectivity index (χ4n) is 3.42. The van der Waals surface area contributed by atoms with Crippen LogP contribution in [0.25, 0.3) is 0 Å². The lowest BCUT2D eigenvalue weighted by molar-refractivity contribution is -0.136. The minimum atomic E-state index is -0.566. The highest BCUT2D eigenvalue weighted by Gasteiger charge is 2.42. The molecule has 114 valence electrons. The van der Waals surface area contributed by atoms with Crippen LogP contribution in [-0.2, 0) is 16.1 Å². The van der Waals surface area contributed by atoms with Crippen molar-refractivity contribution < 1.29 is 14.4 Å². The molecule has 3 amide bonds. The van der Waals surface area contributed by atoms with E-state index in [1.54, 1.807) is 4.90 Å². The van der Waals surface area contributed by atoms with Crippen molar-refractivity contribution in [3.63, 3.8) is 0 Å². The second-order valence-corrected chi connectivity index (χ2v) is 6.58. The number of hydrogen-bond acceptors (Lipinski definition) is 3. The maximum atomic E-state index is 12.8. The van der Waals surface area contributed by atoms with Crippen molar-refractivity contribution in [2.75, 3.05) is 0 Å². The monoisotopic (exact) mass is 318 g/mol. The largest absolute Gasteiger partial charge is 0.322 e. The summed E-state index contributed by atoms with van der Waals surface area (Å²) in [6, 6.07) is 3.14. The van der Waals surface area contributed by atoms with Gasteiger partial charge in [-0.3, -0.25) is 19.7 Å². The molecule has 0 radical (unpaired) electrons. The van der Waals surface area contributed by atoms with Crippen LogP contribution in [0.2, 0.25) is 5.02 Å². The molecule has 6 heteroatoms. The van der Waals surface area contributed by atoms with Crippen LogP contribution in [0.15, 0.2) is 12.1 Å². The van der Waals surface area contributed by atoms with Crippen LogP contribution >= 0.6 is 11.6 Å². The van der Waals surface area contributed by atoms with Crippen molar-refractivity contribution in [3.8, 4) is 0 Å². The molecular weight excluding hydrogens is 304 g/mol. The Morgan fingerprint density at radius 2 is 1.91 bits per heavy atom. The molecule has 0 spiro atoms. The first-order chi connectivity index (χ1) is 10.6. The smallest absolute Gasteiger partial charge is 0.255 e. The second kappa shape index (κ2) is 4.81. The number of carbonyl (C=O) groups excluding carboxylic acids is 3. The highest BCUT2D eigenvalue weighted by atomic mass is 35.5. The van der Waals surface area contributed by atoms with E-state index in [4.69, 9.17) is 11.6 Å². The highest BCUT2D eigenvalue weighted by molar-refractivity contribution is 6.32. The number of piperidine rings is 1. The van der Waals surface area contributed by atoms with Gasteiger partial charge in [-0.2, -0.15) is 0 Å². The minimum Gasteiger partial charge on any atom is -0.322 e. The van der Waals surface area contributed by atoms with Crippen LogP contribution in [0, 0.1) is 0 Å². The Morgan fingerprint density at radius 1 is 1.14 bits per heavy atom. The van der Waals surface area contributed by atoms with Gasteiger partial charge in [0.25, 0.3) is 5.91 Å². The Labute approximate surface area is 132 Å². The molecule has 2 aliphatic heterocycles. The van der Waals surface area contributed by atoms with Gasteiger partial charge in [0.15, 0.2) is 0 Å². The third-order valence-corrected chi connectivity index (χ3v) is 5.00. The topological polar surface area (TPSA) is 66.5 Å². The lowest BCUT2D eigenvalue weighted by atomic mass is 9.99. The Morgan fingerprint density at radius 3 is 2.59 bits per heavy atom. The number of imide groups is 1. The molecule has 2 fully saturated rings. The van der Waals surface area contributed by atoms with E-state index in [-0.39, 0.29) is 24.1 Å². The number of nitrogens with zero attached hydrogens (tertiary/aromatic N) is 1. The quantitative estimate of drug-likeness (QED) is 0.848. The standard InChI is InChI=1S/C16H15ClN2O3/c17-10-4-3-9-7-19(11-5-6-12(20)18-15(11)21)16(22)14(9)13(10)8-1-2-8/h3-4,8,11H,1-2,5-7H2,(H,18,20,21). The van der Waals surface area contributed by atoms with Gasteiger partial charge in [-0.25, -0.2) is 0 Å². The number of halogens is 1. The van der Waals surface area contributed by atoms with Crippen molar-refractivity contribution in [2.45, 2.75) is 44.2 Å². The molecule has 0 aromatic heterocycles. The number of benzene rings is 1. The summed E-state index contributed by atoms with van der Waals surface area (Å²) in [7, 11) is 0. The SMILES string of the molecule is O=C1CCC(N2Cc3ccc(Cl)c(C4CC4)c3C2=O)C(=O)N1. The van der Waals surface area contributed by atoms with Gasteiger partial charge in [-0.05, 0) is 42.4 Å². The zero-order valence-corrected chi connectivity index (χ0v) is 12.7. The molecule has 3 aliphatic rings. The average Bonchev–Trinajstić information content (AvgIpc) is 3.25. The normalized spacial score (nSPS) is 24.5. The van der Waals surface area contributed by atoms with Gasteiger partial charge in [0.05, 0.1) is 0 Å². The summed E-state index contributed by atoms with van der Waals surface area (Å²) in [4.78, 5) is 37.7. The number of carbonyl (C=O) groups is 3. The minimum absolute atomic E-state index is 0.131. The number of nitrogens with one attached hydrogen (secondary N) is 1. The van der Waals surface area contributed by atoms with E-state index in [1.807, 2.05) is 12.1 Å². The highest BCUT2D eigenvalue weighted by Crippen LogP contribution is 2.47. The molecule has 1 aromatic rings. The van der Waals surface area contributed by atoms with Crippen LogP contribution in [0.1, 0.15) is 53.1 Å². The van der Waals surface area contributed by atoms with E-state index in [0.29, 0.717) is 29.5 Å². The van der Waals surface area contributed by atoms with Gasteiger partial charge in [-0.1, -0.05) is 17.7 Å². The summed E-state index contributed by atoms with van der Waals surface area (Å²) < 4.78 is 0. The Kier molecular flexibility index (Phi) is 3.01. The molecule has 1 N–H and O–H groups in total. The molecule has 2 heterocycles. The fourth-order valence-corrected chi connectivity index (χ4v) is 3.74. The predicted octanol–water partition coefficient (Wildman–Crippen LogP) is 1.98. The van der Waals surface area contributed by atoms with Gasteiger partial charge >= 0.3 is 0 Å². The van der Waals surface area contributed by atoms with Gasteiger partial charge in [0.1, 0.15) is 6.04 Å². The lowest BCUT2D eigenvalue weighted by Gasteiger charge is -2.29. The fraction of sp³-hybridized carbons (Fsp3) is 0.438. The van der Waals surface area contributed by atoms with E-state index in [9.17, 15) is 14.4 Å². The number of rotatable bonds is 2. The Hall–Kier alpha value is -1.88. The van der Waals surface area contributed by atoms with Gasteiger partial charge in [-0.15, -0.1) is 0 Å². The van der Waals surface area contributed by atoms with E-state index in [2.05, 4.69) is 5.32 Å². The summed E-state index contributed by atoms with van der Waals surface area (Å²) >= 11 is 6.29. The Balaban J connectivity index is 1.69. The zero-order valence-electron chi connectivity index (χ0n) is 11.9. The molecular formula is C16H15ClN2O3. The van der Waals surface area contributed by atoms with Gasteiger partial charge in [0.2, 0.25) is 11.8 Å². The summed E-state index contributed by atoms with van der Waals surface area (Å²) in [6.07, 6.45) is 2.77. The number of hydrogen-bond donors (Lipinski definition) is 1. The molecule has 1 aromatic carbocycles. The van der Waals surface area contributed by atoms with E-state index in [1.165, 1.54) is 0 Å². The molecule has 1 saturated heterocycles. The average molecular weight is 319 g/mol. The summed E-state index contributed by atoms with van der Waals surface area (Å²) in [5.74, 6) is -0.411. The molecule has 5 nitrogen and oxygen atoms in total.